The minimum atomic E-state index is -3.22. The number of nitrogens with one attached hydrogen (secondary N) is 1. The van der Waals surface area contributed by atoms with Crippen LogP contribution in [0.3, 0.4) is 0 Å². The van der Waals surface area contributed by atoms with Crippen molar-refractivity contribution in [2.75, 3.05) is 12.8 Å². The number of carbonyl (C=O) groups excluding carboxylic acids is 2. The van der Waals surface area contributed by atoms with Gasteiger partial charge in [-0.2, -0.15) is 0 Å². The second-order valence-corrected chi connectivity index (χ2v) is 13.1. The number of hydrogen-bond donors (Lipinski definition) is 1. The SMILES string of the molecule is CC(=O)N1C2CCC(C3CCCC(NS(C)(=O)=O)C3)CC2N(C(=O)OC2CCCCC2)C[C@@H]1C. The molecular formula is C25H43N3O5S. The number of rotatable bonds is 4. The Bertz CT molecular complexity index is 843. The average Bonchev–Trinajstić information content (AvgIpc) is 2.77. The first-order chi connectivity index (χ1) is 16.1. The molecule has 0 radical (unpaired) electrons. The Morgan fingerprint density at radius 3 is 2.26 bits per heavy atom. The predicted molar refractivity (Wildman–Crippen MR) is 131 cm³/mol. The van der Waals surface area contributed by atoms with E-state index in [1.165, 1.54) is 12.7 Å². The molecular weight excluding hydrogens is 454 g/mol. The van der Waals surface area contributed by atoms with Gasteiger partial charge in [0, 0.05) is 25.6 Å². The van der Waals surface area contributed by atoms with E-state index in [1.54, 1.807) is 6.92 Å². The summed E-state index contributed by atoms with van der Waals surface area (Å²) in [4.78, 5) is 29.8. The topological polar surface area (TPSA) is 96.0 Å². The summed E-state index contributed by atoms with van der Waals surface area (Å²) in [6.45, 7) is 4.19. The van der Waals surface area contributed by atoms with E-state index in [0.29, 0.717) is 18.4 Å². The van der Waals surface area contributed by atoms with Crippen LogP contribution in [0, 0.1) is 11.8 Å². The maximum atomic E-state index is 13.4. The van der Waals surface area contributed by atoms with E-state index in [1.807, 2.05) is 16.7 Å². The maximum Gasteiger partial charge on any atom is 0.410 e. The number of fused-ring (bicyclic) bond motifs is 1. The van der Waals surface area contributed by atoms with E-state index in [4.69, 9.17) is 4.74 Å². The largest absolute Gasteiger partial charge is 0.446 e. The summed E-state index contributed by atoms with van der Waals surface area (Å²) < 4.78 is 32.4. The number of nitrogens with zero attached hydrogens (tertiary/aromatic N) is 2. The van der Waals surface area contributed by atoms with Gasteiger partial charge in [0.25, 0.3) is 0 Å². The number of amides is 2. The van der Waals surface area contributed by atoms with Crippen molar-refractivity contribution >= 4 is 22.0 Å². The third kappa shape index (κ3) is 6.07. The van der Waals surface area contributed by atoms with Gasteiger partial charge in [-0.25, -0.2) is 17.9 Å². The quantitative estimate of drug-likeness (QED) is 0.640. The number of ether oxygens (including phenoxy) is 1. The van der Waals surface area contributed by atoms with E-state index in [2.05, 4.69) is 4.72 Å². The highest BCUT2D eigenvalue weighted by atomic mass is 32.2. The molecule has 0 aromatic rings. The Morgan fingerprint density at radius 2 is 1.59 bits per heavy atom. The molecule has 2 amide bonds. The van der Waals surface area contributed by atoms with Crippen LogP contribution in [0.5, 0.6) is 0 Å². The summed E-state index contributed by atoms with van der Waals surface area (Å²) in [6.07, 6.45) is 13.0. The molecule has 0 aromatic carbocycles. The first-order valence-electron chi connectivity index (χ1n) is 13.4. The van der Waals surface area contributed by atoms with Crippen molar-refractivity contribution < 1.29 is 22.7 Å². The van der Waals surface area contributed by atoms with Crippen molar-refractivity contribution in [1.29, 1.82) is 0 Å². The molecule has 6 atom stereocenters. The second kappa shape index (κ2) is 10.7. The van der Waals surface area contributed by atoms with E-state index in [9.17, 15) is 18.0 Å². The van der Waals surface area contributed by atoms with Crippen LogP contribution in [0.1, 0.15) is 90.9 Å². The third-order valence-corrected chi connectivity index (χ3v) is 9.46. The van der Waals surface area contributed by atoms with Crippen LogP contribution < -0.4 is 4.72 Å². The van der Waals surface area contributed by atoms with Gasteiger partial charge in [-0.15, -0.1) is 0 Å². The summed E-state index contributed by atoms with van der Waals surface area (Å²) in [6, 6.07) is -0.0192. The van der Waals surface area contributed by atoms with Crippen LogP contribution in [0.4, 0.5) is 4.79 Å². The Morgan fingerprint density at radius 1 is 0.882 bits per heavy atom. The Labute approximate surface area is 205 Å². The van der Waals surface area contributed by atoms with E-state index >= 15 is 0 Å². The molecule has 1 heterocycles. The fourth-order valence-electron chi connectivity index (χ4n) is 7.30. The molecule has 194 valence electrons. The summed E-state index contributed by atoms with van der Waals surface area (Å²) in [5.74, 6) is 0.948. The molecule has 34 heavy (non-hydrogen) atoms. The van der Waals surface area contributed by atoms with E-state index in [-0.39, 0.29) is 42.3 Å². The Balaban J connectivity index is 1.48. The minimum absolute atomic E-state index is 0.000982. The molecule has 1 aliphatic heterocycles. The first-order valence-corrected chi connectivity index (χ1v) is 15.2. The zero-order valence-electron chi connectivity index (χ0n) is 21.1. The second-order valence-electron chi connectivity index (χ2n) is 11.3. The number of hydrogen-bond acceptors (Lipinski definition) is 5. The molecule has 9 heteroatoms. The first kappa shape index (κ1) is 25.7. The van der Waals surface area contributed by atoms with Gasteiger partial charge in [-0.05, 0) is 76.5 Å². The van der Waals surface area contributed by atoms with Crippen LogP contribution in [0.15, 0.2) is 0 Å². The maximum absolute atomic E-state index is 13.4. The molecule has 8 nitrogen and oxygen atoms in total. The lowest BCUT2D eigenvalue weighted by atomic mass is 9.69. The van der Waals surface area contributed by atoms with Crippen LogP contribution >= 0.6 is 0 Å². The van der Waals surface area contributed by atoms with Crippen molar-refractivity contribution in [2.24, 2.45) is 11.8 Å². The molecule has 3 aliphatic carbocycles. The van der Waals surface area contributed by atoms with Crippen molar-refractivity contribution in [1.82, 2.24) is 14.5 Å². The Hall–Kier alpha value is -1.35. The van der Waals surface area contributed by atoms with Gasteiger partial charge in [0.1, 0.15) is 6.10 Å². The van der Waals surface area contributed by atoms with Crippen molar-refractivity contribution in [2.45, 2.75) is 121 Å². The molecule has 3 saturated carbocycles. The summed E-state index contributed by atoms with van der Waals surface area (Å²) in [5, 5.41) is 0. The zero-order chi connectivity index (χ0) is 24.5. The summed E-state index contributed by atoms with van der Waals surface area (Å²) in [5.41, 5.74) is 0. The van der Waals surface area contributed by atoms with E-state index in [0.717, 1.165) is 70.6 Å². The van der Waals surface area contributed by atoms with Gasteiger partial charge in [-0.1, -0.05) is 19.3 Å². The van der Waals surface area contributed by atoms with Gasteiger partial charge < -0.3 is 14.5 Å². The third-order valence-electron chi connectivity index (χ3n) is 8.70. The summed E-state index contributed by atoms with van der Waals surface area (Å²) >= 11 is 0. The van der Waals surface area contributed by atoms with Gasteiger partial charge in [0.15, 0.2) is 0 Å². The highest BCUT2D eigenvalue weighted by Crippen LogP contribution is 2.43. The fraction of sp³-hybridized carbons (Fsp3) is 0.920. The minimum Gasteiger partial charge on any atom is -0.446 e. The number of sulfonamides is 1. The molecule has 5 unspecified atom stereocenters. The van der Waals surface area contributed by atoms with Crippen molar-refractivity contribution in [3.8, 4) is 0 Å². The molecule has 0 spiro atoms. The number of carbonyl (C=O) groups is 2. The molecule has 4 aliphatic rings. The fourth-order valence-corrected chi connectivity index (χ4v) is 8.12. The van der Waals surface area contributed by atoms with Crippen LogP contribution in [-0.2, 0) is 19.6 Å². The zero-order valence-corrected chi connectivity index (χ0v) is 21.9. The van der Waals surface area contributed by atoms with Crippen molar-refractivity contribution in [3.63, 3.8) is 0 Å². The molecule has 4 rings (SSSR count). The van der Waals surface area contributed by atoms with Gasteiger partial charge in [0.05, 0.1) is 18.3 Å². The molecule has 4 fully saturated rings. The molecule has 1 saturated heterocycles. The van der Waals surface area contributed by atoms with E-state index < -0.39 is 10.0 Å². The normalized spacial score (nSPS) is 35.5. The lowest BCUT2D eigenvalue weighted by Crippen LogP contribution is -2.67. The predicted octanol–water partition coefficient (Wildman–Crippen LogP) is 3.65. The highest BCUT2D eigenvalue weighted by Gasteiger charge is 2.48. The Kier molecular flexibility index (Phi) is 8.12. The van der Waals surface area contributed by atoms with Gasteiger partial charge in [-0.3, -0.25) is 4.79 Å². The molecule has 0 bridgehead atoms. The standard InChI is InChI=1S/C25H43N3O5S/c1-17-16-27(25(30)33-22-10-5-4-6-11-22)24-15-20(12-13-23(24)28(17)18(2)29)19-8-7-9-21(14-19)26-34(3,31)32/h17,19-24,26H,4-16H2,1-3H3/t17-,19?,20?,21?,23?,24?/m0/s1. The van der Waals surface area contributed by atoms with Gasteiger partial charge in [0.2, 0.25) is 15.9 Å². The van der Waals surface area contributed by atoms with Crippen LogP contribution in [-0.4, -0.2) is 73.3 Å². The van der Waals surface area contributed by atoms with Crippen LogP contribution in [0.25, 0.3) is 0 Å². The lowest BCUT2D eigenvalue weighted by Gasteiger charge is -2.54. The molecule has 0 aromatic heterocycles. The highest BCUT2D eigenvalue weighted by molar-refractivity contribution is 7.88. The molecule has 1 N–H and O–H groups in total. The number of piperazine rings is 1. The monoisotopic (exact) mass is 497 g/mol. The lowest BCUT2D eigenvalue weighted by molar-refractivity contribution is -0.143. The van der Waals surface area contributed by atoms with Crippen molar-refractivity contribution in [3.05, 3.63) is 0 Å². The smallest absolute Gasteiger partial charge is 0.410 e. The van der Waals surface area contributed by atoms with Gasteiger partial charge >= 0.3 is 6.09 Å². The van der Waals surface area contributed by atoms with Crippen LogP contribution in [0.2, 0.25) is 0 Å². The average molecular weight is 498 g/mol. The summed E-state index contributed by atoms with van der Waals surface area (Å²) in [7, 11) is -3.22.